The third-order valence-corrected chi connectivity index (χ3v) is 7.39. The number of amides is 1. The second-order valence-corrected chi connectivity index (χ2v) is 9.53. The van der Waals surface area contributed by atoms with E-state index in [0.717, 1.165) is 17.7 Å². The van der Waals surface area contributed by atoms with E-state index in [-0.39, 0.29) is 18.1 Å². The van der Waals surface area contributed by atoms with E-state index in [9.17, 15) is 18.0 Å². The van der Waals surface area contributed by atoms with Gasteiger partial charge in [-0.25, -0.2) is 0 Å². The van der Waals surface area contributed by atoms with Crippen molar-refractivity contribution in [3.63, 3.8) is 0 Å². The molecule has 1 fully saturated rings. The zero-order valence-corrected chi connectivity index (χ0v) is 20.6. The summed E-state index contributed by atoms with van der Waals surface area (Å²) in [5.74, 6) is 0.548. The fraction of sp³-hybridized carbons (Fsp3) is 0.345. The summed E-state index contributed by atoms with van der Waals surface area (Å²) in [5, 5.41) is 3.21. The van der Waals surface area contributed by atoms with Gasteiger partial charge in [-0.2, -0.15) is 13.2 Å². The van der Waals surface area contributed by atoms with Crippen molar-refractivity contribution in [1.82, 2.24) is 10.2 Å². The standard InChI is InChI=1S/C29H29F3N2O3/c1-36-24-11-9-20(10-12-24)27(21-6-4-7-23(17-21)29(30,31)32)33-18-26(35)34-15-13-28(14-16-34)25-8-3-2-5-22(25)19-37-28/h2-12,17,27,33H,13-16,18-19H2,1H3. The molecule has 8 heteroatoms. The summed E-state index contributed by atoms with van der Waals surface area (Å²) in [6.07, 6.45) is -3.03. The maximum atomic E-state index is 13.4. The lowest BCUT2D eigenvalue weighted by Gasteiger charge is -2.39. The van der Waals surface area contributed by atoms with Crippen LogP contribution in [-0.4, -0.2) is 37.6 Å². The van der Waals surface area contributed by atoms with Crippen LogP contribution in [0, 0.1) is 0 Å². The van der Waals surface area contributed by atoms with E-state index in [4.69, 9.17) is 9.47 Å². The van der Waals surface area contributed by atoms with E-state index in [1.54, 1.807) is 42.3 Å². The number of hydrogen-bond donors (Lipinski definition) is 1. The monoisotopic (exact) mass is 510 g/mol. The first kappa shape index (κ1) is 25.3. The van der Waals surface area contributed by atoms with Gasteiger partial charge in [0.2, 0.25) is 5.91 Å². The van der Waals surface area contributed by atoms with Gasteiger partial charge in [0.25, 0.3) is 0 Å². The number of halogens is 3. The molecule has 1 amide bonds. The Kier molecular flexibility index (Phi) is 6.96. The molecule has 0 aliphatic carbocycles. The Bertz CT molecular complexity index is 1250. The first-order valence-corrected chi connectivity index (χ1v) is 12.3. The van der Waals surface area contributed by atoms with Crippen molar-refractivity contribution in [2.75, 3.05) is 26.7 Å². The molecule has 2 aliphatic rings. The average Bonchev–Trinajstić information content (AvgIpc) is 3.27. The summed E-state index contributed by atoms with van der Waals surface area (Å²) in [6.45, 7) is 1.71. The number of methoxy groups -OCH3 is 1. The fourth-order valence-electron chi connectivity index (χ4n) is 5.34. The number of likely N-dealkylation sites (tertiary alicyclic amines) is 1. The summed E-state index contributed by atoms with van der Waals surface area (Å²) >= 11 is 0. The van der Waals surface area contributed by atoms with E-state index in [0.29, 0.717) is 43.9 Å². The molecule has 1 unspecified atom stereocenters. The molecule has 0 bridgehead atoms. The first-order chi connectivity index (χ1) is 17.8. The van der Waals surface area contributed by atoms with Gasteiger partial charge >= 0.3 is 6.18 Å². The van der Waals surface area contributed by atoms with Crippen LogP contribution < -0.4 is 10.1 Å². The maximum absolute atomic E-state index is 13.4. The molecule has 37 heavy (non-hydrogen) atoms. The van der Waals surface area contributed by atoms with Gasteiger partial charge in [0.05, 0.1) is 37.5 Å². The van der Waals surface area contributed by atoms with Crippen molar-refractivity contribution >= 4 is 5.91 Å². The number of ether oxygens (including phenoxy) is 2. The van der Waals surface area contributed by atoms with Gasteiger partial charge in [0.1, 0.15) is 5.75 Å². The molecule has 0 radical (unpaired) electrons. The van der Waals surface area contributed by atoms with Crippen LogP contribution in [-0.2, 0) is 27.9 Å². The van der Waals surface area contributed by atoms with Crippen molar-refractivity contribution in [3.8, 4) is 5.75 Å². The minimum absolute atomic E-state index is 0.00259. The van der Waals surface area contributed by atoms with Gasteiger partial charge in [-0.1, -0.05) is 48.5 Å². The summed E-state index contributed by atoms with van der Waals surface area (Å²) in [5.41, 5.74) is 2.51. The normalized spacial score (nSPS) is 17.5. The van der Waals surface area contributed by atoms with Crippen LogP contribution in [0.4, 0.5) is 13.2 Å². The molecule has 5 nitrogen and oxygen atoms in total. The van der Waals surface area contributed by atoms with E-state index >= 15 is 0 Å². The van der Waals surface area contributed by atoms with Gasteiger partial charge in [0, 0.05) is 13.1 Å². The van der Waals surface area contributed by atoms with Crippen LogP contribution in [0.25, 0.3) is 0 Å². The van der Waals surface area contributed by atoms with Crippen LogP contribution >= 0.6 is 0 Å². The number of nitrogens with zero attached hydrogens (tertiary/aromatic N) is 1. The Morgan fingerprint density at radius 1 is 1.03 bits per heavy atom. The molecule has 0 saturated carbocycles. The van der Waals surface area contributed by atoms with Crippen molar-refractivity contribution in [3.05, 3.63) is 101 Å². The van der Waals surface area contributed by atoms with Crippen LogP contribution in [0.1, 0.15) is 46.7 Å². The number of rotatable bonds is 6. The average molecular weight is 511 g/mol. The molecule has 194 valence electrons. The highest BCUT2D eigenvalue weighted by molar-refractivity contribution is 5.78. The Morgan fingerprint density at radius 3 is 2.46 bits per heavy atom. The molecule has 0 aromatic heterocycles. The lowest BCUT2D eigenvalue weighted by Crippen LogP contribution is -2.48. The quantitative estimate of drug-likeness (QED) is 0.480. The van der Waals surface area contributed by atoms with Gasteiger partial charge in [0.15, 0.2) is 0 Å². The predicted molar refractivity (Wildman–Crippen MR) is 133 cm³/mol. The number of carbonyl (C=O) groups is 1. The van der Waals surface area contributed by atoms with E-state index in [1.165, 1.54) is 17.2 Å². The van der Waals surface area contributed by atoms with Crippen LogP contribution in [0.15, 0.2) is 72.8 Å². The lowest BCUT2D eigenvalue weighted by molar-refractivity contribution is -0.138. The largest absolute Gasteiger partial charge is 0.497 e. The van der Waals surface area contributed by atoms with Crippen LogP contribution in [0.2, 0.25) is 0 Å². The third-order valence-electron chi connectivity index (χ3n) is 7.39. The second kappa shape index (κ2) is 10.2. The van der Waals surface area contributed by atoms with E-state index in [2.05, 4.69) is 17.4 Å². The van der Waals surface area contributed by atoms with Crippen LogP contribution in [0.3, 0.4) is 0 Å². The number of carbonyl (C=O) groups excluding carboxylic acids is 1. The van der Waals surface area contributed by atoms with Gasteiger partial charge in [-0.05, 0) is 59.4 Å². The molecule has 3 aromatic rings. The topological polar surface area (TPSA) is 50.8 Å². The smallest absolute Gasteiger partial charge is 0.416 e. The molecule has 1 saturated heterocycles. The predicted octanol–water partition coefficient (Wildman–Crippen LogP) is 5.44. The Hall–Kier alpha value is -3.36. The number of nitrogens with one attached hydrogen (secondary N) is 1. The number of alkyl halides is 3. The molecule has 1 N–H and O–H groups in total. The molecule has 1 spiro atoms. The SMILES string of the molecule is COc1ccc(C(NCC(=O)N2CCC3(CC2)OCc2ccccc23)c2cccc(C(F)(F)F)c2)cc1. The fourth-order valence-corrected chi connectivity index (χ4v) is 5.34. The van der Waals surface area contributed by atoms with Gasteiger partial charge in [-0.15, -0.1) is 0 Å². The molecule has 1 atom stereocenters. The molecular formula is C29H29F3N2O3. The van der Waals surface area contributed by atoms with Crippen molar-refractivity contribution in [1.29, 1.82) is 0 Å². The molecule has 2 heterocycles. The van der Waals surface area contributed by atoms with Gasteiger partial charge in [-0.3, -0.25) is 10.1 Å². The molecule has 5 rings (SSSR count). The minimum Gasteiger partial charge on any atom is -0.497 e. The zero-order chi connectivity index (χ0) is 26.0. The van der Waals surface area contributed by atoms with Crippen molar-refractivity contribution < 1.29 is 27.4 Å². The number of hydrogen-bond acceptors (Lipinski definition) is 4. The highest BCUT2D eigenvalue weighted by Crippen LogP contribution is 2.44. The highest BCUT2D eigenvalue weighted by atomic mass is 19.4. The molecule has 3 aromatic carbocycles. The Labute approximate surface area is 214 Å². The Balaban J connectivity index is 1.29. The van der Waals surface area contributed by atoms with Crippen molar-refractivity contribution in [2.24, 2.45) is 0 Å². The minimum atomic E-state index is -4.46. The van der Waals surface area contributed by atoms with Crippen LogP contribution in [0.5, 0.6) is 5.75 Å². The second-order valence-electron chi connectivity index (χ2n) is 9.53. The van der Waals surface area contributed by atoms with Crippen molar-refractivity contribution in [2.45, 2.75) is 37.3 Å². The molecular weight excluding hydrogens is 481 g/mol. The van der Waals surface area contributed by atoms with Gasteiger partial charge < -0.3 is 14.4 Å². The third kappa shape index (κ3) is 5.22. The summed E-state index contributed by atoms with van der Waals surface area (Å²) < 4.78 is 51.6. The summed E-state index contributed by atoms with van der Waals surface area (Å²) in [4.78, 5) is 15.0. The number of benzene rings is 3. The molecule has 2 aliphatic heterocycles. The first-order valence-electron chi connectivity index (χ1n) is 12.3. The summed E-state index contributed by atoms with van der Waals surface area (Å²) in [7, 11) is 1.55. The summed E-state index contributed by atoms with van der Waals surface area (Å²) in [6, 6.07) is 19.9. The highest BCUT2D eigenvalue weighted by Gasteiger charge is 2.43. The Morgan fingerprint density at radius 2 is 1.76 bits per heavy atom. The number of piperidine rings is 1. The van der Waals surface area contributed by atoms with E-state index < -0.39 is 17.8 Å². The maximum Gasteiger partial charge on any atom is 0.416 e. The number of fused-ring (bicyclic) bond motifs is 2. The lowest BCUT2D eigenvalue weighted by atomic mass is 9.84. The van der Waals surface area contributed by atoms with E-state index in [1.807, 2.05) is 12.1 Å². The zero-order valence-electron chi connectivity index (χ0n) is 20.6.